The van der Waals surface area contributed by atoms with Crippen LogP contribution in [0.2, 0.25) is 0 Å². The average Bonchev–Trinajstić information content (AvgIpc) is 3.01. The van der Waals surface area contributed by atoms with Crippen LogP contribution in [-0.4, -0.2) is 55.4 Å². The van der Waals surface area contributed by atoms with Crippen molar-refractivity contribution in [3.8, 4) is 0 Å². The number of nitrogens with one attached hydrogen (secondary N) is 1. The third kappa shape index (κ3) is 4.45. The van der Waals surface area contributed by atoms with E-state index in [-0.39, 0.29) is 29.0 Å². The van der Waals surface area contributed by atoms with Crippen molar-refractivity contribution in [3.05, 3.63) is 0 Å². The zero-order valence-corrected chi connectivity index (χ0v) is 12.8. The van der Waals surface area contributed by atoms with Crippen LogP contribution in [0.15, 0.2) is 0 Å². The number of hydrogen-bond donors (Lipinski definition) is 1. The van der Waals surface area contributed by atoms with Gasteiger partial charge >= 0.3 is 0 Å². The summed E-state index contributed by atoms with van der Waals surface area (Å²) in [5, 5.41) is 2.94. The summed E-state index contributed by atoms with van der Waals surface area (Å²) in [6, 6.07) is 0.0458. The molecule has 1 heterocycles. The molecule has 1 saturated heterocycles. The summed E-state index contributed by atoms with van der Waals surface area (Å²) in [4.78, 5) is 14.0. The second-order valence-electron chi connectivity index (χ2n) is 6.79. The molecule has 1 N–H and O–H groups in total. The molecule has 1 aliphatic carbocycles. The van der Waals surface area contributed by atoms with Crippen LogP contribution in [0.4, 0.5) is 0 Å². The summed E-state index contributed by atoms with van der Waals surface area (Å²) < 4.78 is 23.5. The lowest BCUT2D eigenvalue weighted by Gasteiger charge is -2.35. The van der Waals surface area contributed by atoms with Gasteiger partial charge in [-0.2, -0.15) is 0 Å². The van der Waals surface area contributed by atoms with Crippen molar-refractivity contribution >= 4 is 15.7 Å². The number of carbonyl (C=O) groups excluding carboxylic acids is 1. The Hall–Kier alpha value is -0.620. The van der Waals surface area contributed by atoms with Gasteiger partial charge in [-0.25, -0.2) is 8.42 Å². The quantitative estimate of drug-likeness (QED) is 0.817. The fraction of sp³-hybridized carbons (Fsp3) is 0.923. The molecule has 2 aliphatic rings. The monoisotopic (exact) mass is 288 g/mol. The Morgan fingerprint density at radius 2 is 1.95 bits per heavy atom. The van der Waals surface area contributed by atoms with E-state index in [9.17, 15) is 13.2 Å². The molecule has 0 bridgehead atoms. The van der Waals surface area contributed by atoms with Gasteiger partial charge in [0.05, 0.1) is 18.1 Å². The molecule has 0 radical (unpaired) electrons. The van der Waals surface area contributed by atoms with Crippen LogP contribution < -0.4 is 5.32 Å². The summed E-state index contributed by atoms with van der Waals surface area (Å²) in [5.74, 6) is 0.856. The van der Waals surface area contributed by atoms with E-state index in [4.69, 9.17) is 0 Å². The molecule has 0 aromatic carbocycles. The first-order valence-corrected chi connectivity index (χ1v) is 8.74. The maximum absolute atomic E-state index is 12.0. The van der Waals surface area contributed by atoms with Gasteiger partial charge < -0.3 is 5.32 Å². The van der Waals surface area contributed by atoms with Gasteiger partial charge in [0.2, 0.25) is 5.91 Å². The zero-order valence-electron chi connectivity index (χ0n) is 12.0. The molecule has 0 aromatic rings. The summed E-state index contributed by atoms with van der Waals surface area (Å²) in [6.07, 6.45) is 2.19. The first-order chi connectivity index (χ1) is 8.66. The van der Waals surface area contributed by atoms with Gasteiger partial charge in [0.15, 0.2) is 9.84 Å². The number of nitrogens with zero attached hydrogens (tertiary/aromatic N) is 1. The van der Waals surface area contributed by atoms with Gasteiger partial charge in [0, 0.05) is 18.1 Å². The van der Waals surface area contributed by atoms with Crippen LogP contribution in [0, 0.1) is 5.92 Å². The predicted octanol–water partition coefficient (Wildman–Crippen LogP) is 0.410. The Balaban J connectivity index is 1.97. The minimum atomic E-state index is -2.91. The largest absolute Gasteiger partial charge is 0.350 e. The lowest BCUT2D eigenvalue weighted by molar-refractivity contribution is -0.124. The highest BCUT2D eigenvalue weighted by Crippen LogP contribution is 2.37. The fourth-order valence-electron chi connectivity index (χ4n) is 2.62. The molecular weight excluding hydrogens is 264 g/mol. The topological polar surface area (TPSA) is 66.5 Å². The standard InChI is InChI=1S/C13H24N2O3S/c1-13(2,3)14-12(16)8-15-6-7-19(17,18)9-11(15)10-4-5-10/h10-11H,4-9H2,1-3H3,(H,14,16)/t11-/m1/s1. The van der Waals surface area contributed by atoms with Crippen molar-refractivity contribution < 1.29 is 13.2 Å². The van der Waals surface area contributed by atoms with E-state index >= 15 is 0 Å². The Kier molecular flexibility index (Phi) is 3.93. The van der Waals surface area contributed by atoms with Crippen molar-refractivity contribution in [2.45, 2.75) is 45.2 Å². The Morgan fingerprint density at radius 1 is 1.32 bits per heavy atom. The van der Waals surface area contributed by atoms with Crippen LogP contribution in [0.5, 0.6) is 0 Å². The van der Waals surface area contributed by atoms with Gasteiger partial charge in [-0.3, -0.25) is 9.69 Å². The van der Waals surface area contributed by atoms with E-state index in [0.717, 1.165) is 12.8 Å². The minimum absolute atomic E-state index is 0.0163. The van der Waals surface area contributed by atoms with Crippen LogP contribution in [-0.2, 0) is 14.6 Å². The van der Waals surface area contributed by atoms with E-state index in [2.05, 4.69) is 10.2 Å². The molecule has 2 fully saturated rings. The van der Waals surface area contributed by atoms with Crippen molar-refractivity contribution in [2.75, 3.05) is 24.6 Å². The van der Waals surface area contributed by atoms with Crippen LogP contribution in [0.3, 0.4) is 0 Å². The second-order valence-corrected chi connectivity index (χ2v) is 9.02. The first-order valence-electron chi connectivity index (χ1n) is 6.92. The summed E-state index contributed by atoms with van der Waals surface area (Å²) in [6.45, 7) is 6.65. The number of rotatable bonds is 3. The van der Waals surface area contributed by atoms with Crippen molar-refractivity contribution in [1.29, 1.82) is 0 Å². The molecule has 1 atom stereocenters. The SMILES string of the molecule is CC(C)(C)NC(=O)CN1CCS(=O)(=O)C[C@@H]1C1CC1. The first kappa shape index (κ1) is 14.8. The normalized spacial score (nSPS) is 28.1. The molecule has 0 unspecified atom stereocenters. The van der Waals surface area contributed by atoms with Crippen LogP contribution in [0.1, 0.15) is 33.6 Å². The molecule has 2 rings (SSSR count). The van der Waals surface area contributed by atoms with Crippen LogP contribution in [0.25, 0.3) is 0 Å². The van der Waals surface area contributed by atoms with Gasteiger partial charge in [-0.15, -0.1) is 0 Å². The number of hydrogen-bond acceptors (Lipinski definition) is 4. The molecule has 1 aliphatic heterocycles. The highest BCUT2D eigenvalue weighted by molar-refractivity contribution is 7.91. The van der Waals surface area contributed by atoms with Gasteiger partial charge in [0.25, 0.3) is 0 Å². The Morgan fingerprint density at radius 3 is 2.47 bits per heavy atom. The van der Waals surface area contributed by atoms with Gasteiger partial charge in [0.1, 0.15) is 0 Å². The molecule has 19 heavy (non-hydrogen) atoms. The minimum Gasteiger partial charge on any atom is -0.350 e. The molecule has 0 spiro atoms. The fourth-order valence-corrected chi connectivity index (χ4v) is 4.31. The van der Waals surface area contributed by atoms with Crippen molar-refractivity contribution in [2.24, 2.45) is 5.92 Å². The zero-order chi connectivity index (χ0) is 14.3. The molecule has 0 aromatic heterocycles. The van der Waals surface area contributed by atoms with E-state index in [0.29, 0.717) is 19.0 Å². The maximum atomic E-state index is 12.0. The van der Waals surface area contributed by atoms with Crippen molar-refractivity contribution in [1.82, 2.24) is 10.2 Å². The van der Waals surface area contributed by atoms with E-state index in [1.54, 1.807) is 0 Å². The van der Waals surface area contributed by atoms with E-state index < -0.39 is 9.84 Å². The summed E-state index contributed by atoms with van der Waals surface area (Å²) in [5.41, 5.74) is -0.242. The predicted molar refractivity (Wildman–Crippen MR) is 74.6 cm³/mol. The molecule has 6 heteroatoms. The van der Waals surface area contributed by atoms with Crippen molar-refractivity contribution in [3.63, 3.8) is 0 Å². The third-order valence-corrected chi connectivity index (χ3v) is 5.26. The smallest absolute Gasteiger partial charge is 0.234 e. The lowest BCUT2D eigenvalue weighted by Crippen LogP contribution is -2.54. The maximum Gasteiger partial charge on any atom is 0.234 e. The third-order valence-electron chi connectivity index (χ3n) is 3.61. The van der Waals surface area contributed by atoms with E-state index in [1.807, 2.05) is 20.8 Å². The summed E-state index contributed by atoms with van der Waals surface area (Å²) in [7, 11) is -2.91. The van der Waals surface area contributed by atoms with E-state index in [1.165, 1.54) is 0 Å². The Labute approximate surface area is 115 Å². The second kappa shape index (κ2) is 5.05. The lowest BCUT2D eigenvalue weighted by atomic mass is 10.1. The molecule has 110 valence electrons. The average molecular weight is 288 g/mol. The number of amides is 1. The highest BCUT2D eigenvalue weighted by Gasteiger charge is 2.41. The Bertz CT molecular complexity index is 449. The molecule has 1 amide bonds. The van der Waals surface area contributed by atoms with Crippen LogP contribution >= 0.6 is 0 Å². The summed E-state index contributed by atoms with van der Waals surface area (Å²) >= 11 is 0. The number of carbonyl (C=O) groups is 1. The molecule has 5 nitrogen and oxygen atoms in total. The van der Waals surface area contributed by atoms with Gasteiger partial charge in [-0.05, 0) is 39.5 Å². The van der Waals surface area contributed by atoms with Gasteiger partial charge in [-0.1, -0.05) is 0 Å². The molecular formula is C13H24N2O3S. The number of sulfone groups is 1. The highest BCUT2D eigenvalue weighted by atomic mass is 32.2. The molecule has 1 saturated carbocycles.